The number of nitrogens with zero attached hydrogens (tertiary/aromatic N) is 2. The second-order valence-electron chi connectivity index (χ2n) is 4.34. The molecule has 100 valence electrons. The van der Waals surface area contributed by atoms with Gasteiger partial charge in [0.2, 0.25) is 0 Å². The number of aryl methyl sites for hydroxylation is 1. The molecule has 1 heterocycles. The van der Waals surface area contributed by atoms with E-state index in [0.717, 1.165) is 12.0 Å². The van der Waals surface area contributed by atoms with Gasteiger partial charge in [-0.1, -0.05) is 37.3 Å². The zero-order valence-corrected chi connectivity index (χ0v) is 12.5. The first-order chi connectivity index (χ1) is 9.11. The van der Waals surface area contributed by atoms with Gasteiger partial charge in [-0.2, -0.15) is 0 Å². The molecule has 0 saturated heterocycles. The van der Waals surface area contributed by atoms with Gasteiger partial charge < -0.3 is 9.88 Å². The number of benzene rings is 1. The van der Waals surface area contributed by atoms with Crippen LogP contribution < -0.4 is 10.9 Å². The molecule has 0 radical (unpaired) electrons. The fourth-order valence-electron chi connectivity index (χ4n) is 1.93. The van der Waals surface area contributed by atoms with Crippen molar-refractivity contribution in [1.82, 2.24) is 9.55 Å². The van der Waals surface area contributed by atoms with Crippen molar-refractivity contribution in [2.24, 2.45) is 7.05 Å². The Kier molecular flexibility index (Phi) is 4.37. The Morgan fingerprint density at radius 3 is 2.68 bits per heavy atom. The van der Waals surface area contributed by atoms with Gasteiger partial charge in [-0.25, -0.2) is 4.98 Å². The average Bonchev–Trinajstić information content (AvgIpc) is 2.42. The first-order valence-electron chi connectivity index (χ1n) is 6.16. The molecule has 1 aromatic heterocycles. The Morgan fingerprint density at radius 1 is 1.37 bits per heavy atom. The third-order valence-electron chi connectivity index (χ3n) is 2.96. The number of rotatable bonds is 4. The van der Waals surface area contributed by atoms with Crippen molar-refractivity contribution in [2.75, 3.05) is 5.32 Å². The number of nitrogens with one attached hydrogen (secondary N) is 1. The summed E-state index contributed by atoms with van der Waals surface area (Å²) in [5.74, 6) is 0.368. The van der Waals surface area contributed by atoms with Gasteiger partial charge >= 0.3 is 0 Å². The maximum atomic E-state index is 12.0. The van der Waals surface area contributed by atoms with Crippen LogP contribution >= 0.6 is 15.9 Å². The summed E-state index contributed by atoms with van der Waals surface area (Å²) in [7, 11) is 1.71. The average molecular weight is 322 g/mol. The van der Waals surface area contributed by atoms with Crippen LogP contribution in [0.1, 0.15) is 24.9 Å². The summed E-state index contributed by atoms with van der Waals surface area (Å²) in [5.41, 5.74) is 1.02. The van der Waals surface area contributed by atoms with Gasteiger partial charge in [-0.15, -0.1) is 0 Å². The van der Waals surface area contributed by atoms with Crippen LogP contribution in [0.5, 0.6) is 0 Å². The first-order valence-corrected chi connectivity index (χ1v) is 6.95. The minimum absolute atomic E-state index is 0.0794. The smallest absolute Gasteiger partial charge is 0.293 e. The van der Waals surface area contributed by atoms with Crippen LogP contribution in [0.3, 0.4) is 0 Å². The highest BCUT2D eigenvalue weighted by atomic mass is 79.9. The largest absolute Gasteiger partial charge is 0.359 e. The molecule has 1 aromatic carbocycles. The van der Waals surface area contributed by atoms with E-state index >= 15 is 0 Å². The fourth-order valence-corrected chi connectivity index (χ4v) is 2.42. The van der Waals surface area contributed by atoms with E-state index in [-0.39, 0.29) is 11.6 Å². The molecule has 0 aliphatic heterocycles. The first kappa shape index (κ1) is 13.8. The molecule has 1 unspecified atom stereocenters. The van der Waals surface area contributed by atoms with Crippen LogP contribution in [0.15, 0.2) is 45.9 Å². The lowest BCUT2D eigenvalue weighted by Crippen LogP contribution is -2.24. The standard InChI is InChI=1S/C14H16BrN3O/c1-3-11(10-7-5-4-6-8-10)16-13-14(19)18(2)9-12(15)17-13/h4-9,11H,3H2,1-2H3,(H,16,17). The van der Waals surface area contributed by atoms with Crippen LogP contribution in [-0.4, -0.2) is 9.55 Å². The predicted molar refractivity (Wildman–Crippen MR) is 80.3 cm³/mol. The number of halogens is 1. The Balaban J connectivity index is 2.32. The molecule has 0 aliphatic rings. The molecule has 0 fully saturated rings. The summed E-state index contributed by atoms with van der Waals surface area (Å²) >= 11 is 3.30. The van der Waals surface area contributed by atoms with E-state index in [1.165, 1.54) is 4.57 Å². The van der Waals surface area contributed by atoms with Crippen molar-refractivity contribution >= 4 is 21.7 Å². The van der Waals surface area contributed by atoms with Crippen molar-refractivity contribution in [1.29, 1.82) is 0 Å². The lowest BCUT2D eigenvalue weighted by atomic mass is 10.0. The number of anilines is 1. The zero-order chi connectivity index (χ0) is 13.8. The molecule has 1 N–H and O–H groups in total. The van der Waals surface area contributed by atoms with Gasteiger partial charge in [-0.05, 0) is 27.9 Å². The second kappa shape index (κ2) is 6.02. The maximum Gasteiger partial charge on any atom is 0.293 e. The third-order valence-corrected chi connectivity index (χ3v) is 3.34. The predicted octanol–water partition coefficient (Wildman–Crippen LogP) is 3.11. The van der Waals surface area contributed by atoms with Gasteiger partial charge in [-0.3, -0.25) is 4.79 Å². The van der Waals surface area contributed by atoms with Gasteiger partial charge in [0.1, 0.15) is 4.60 Å². The number of hydrogen-bond acceptors (Lipinski definition) is 3. The Bertz CT molecular complexity index is 610. The zero-order valence-electron chi connectivity index (χ0n) is 10.9. The van der Waals surface area contributed by atoms with Gasteiger partial charge in [0.05, 0.1) is 6.04 Å². The topological polar surface area (TPSA) is 46.9 Å². The van der Waals surface area contributed by atoms with E-state index in [1.54, 1.807) is 13.2 Å². The molecule has 19 heavy (non-hydrogen) atoms. The number of aromatic nitrogens is 2. The van der Waals surface area contributed by atoms with Crippen LogP contribution in [-0.2, 0) is 7.05 Å². The quantitative estimate of drug-likeness (QED) is 0.941. The lowest BCUT2D eigenvalue weighted by Gasteiger charge is -2.18. The highest BCUT2D eigenvalue weighted by Crippen LogP contribution is 2.20. The minimum Gasteiger partial charge on any atom is -0.359 e. The number of hydrogen-bond donors (Lipinski definition) is 1. The van der Waals surface area contributed by atoms with Crippen molar-refractivity contribution < 1.29 is 0 Å². The lowest BCUT2D eigenvalue weighted by molar-refractivity contribution is 0.732. The molecule has 0 aliphatic carbocycles. The Labute approximate surface area is 120 Å². The van der Waals surface area contributed by atoms with Crippen molar-refractivity contribution in [3.8, 4) is 0 Å². The molecule has 1 atom stereocenters. The van der Waals surface area contributed by atoms with E-state index in [4.69, 9.17) is 0 Å². The molecule has 2 aromatic rings. The summed E-state index contributed by atoms with van der Waals surface area (Å²) in [4.78, 5) is 16.2. The summed E-state index contributed by atoms with van der Waals surface area (Å²) in [5, 5.41) is 3.22. The SMILES string of the molecule is CCC(Nc1nc(Br)cn(C)c1=O)c1ccccc1. The van der Waals surface area contributed by atoms with Gasteiger partial charge in [0.25, 0.3) is 5.56 Å². The summed E-state index contributed by atoms with van der Waals surface area (Å²) in [6.07, 6.45) is 2.53. The van der Waals surface area contributed by atoms with E-state index in [0.29, 0.717) is 10.4 Å². The minimum atomic E-state index is -0.127. The highest BCUT2D eigenvalue weighted by Gasteiger charge is 2.12. The normalized spacial score (nSPS) is 12.2. The molecular weight excluding hydrogens is 306 g/mol. The molecule has 0 amide bonds. The van der Waals surface area contributed by atoms with Crippen molar-refractivity contribution in [2.45, 2.75) is 19.4 Å². The molecule has 0 saturated carbocycles. The van der Waals surface area contributed by atoms with Crippen molar-refractivity contribution in [3.63, 3.8) is 0 Å². The van der Waals surface area contributed by atoms with Crippen LogP contribution in [0.25, 0.3) is 0 Å². The summed E-state index contributed by atoms with van der Waals surface area (Å²) in [6, 6.07) is 10.1. The van der Waals surface area contributed by atoms with Crippen LogP contribution in [0, 0.1) is 0 Å². The highest BCUT2D eigenvalue weighted by molar-refractivity contribution is 9.10. The van der Waals surface area contributed by atoms with Gasteiger partial charge in [0.15, 0.2) is 5.82 Å². The van der Waals surface area contributed by atoms with E-state index in [1.807, 2.05) is 30.3 Å². The monoisotopic (exact) mass is 321 g/mol. The van der Waals surface area contributed by atoms with Crippen LogP contribution in [0.2, 0.25) is 0 Å². The molecule has 0 bridgehead atoms. The Hall–Kier alpha value is -1.62. The third kappa shape index (κ3) is 3.23. The molecule has 0 spiro atoms. The fraction of sp³-hybridized carbons (Fsp3) is 0.286. The summed E-state index contributed by atoms with van der Waals surface area (Å²) in [6.45, 7) is 2.08. The van der Waals surface area contributed by atoms with E-state index in [2.05, 4.69) is 33.2 Å². The summed E-state index contributed by atoms with van der Waals surface area (Å²) < 4.78 is 2.15. The van der Waals surface area contributed by atoms with Crippen molar-refractivity contribution in [3.05, 3.63) is 57.0 Å². The Morgan fingerprint density at radius 2 is 2.05 bits per heavy atom. The van der Waals surface area contributed by atoms with E-state index < -0.39 is 0 Å². The van der Waals surface area contributed by atoms with E-state index in [9.17, 15) is 4.79 Å². The molecular formula is C14H16BrN3O. The maximum absolute atomic E-state index is 12.0. The molecule has 5 heteroatoms. The van der Waals surface area contributed by atoms with Crippen LogP contribution in [0.4, 0.5) is 5.82 Å². The molecule has 2 rings (SSSR count). The second-order valence-corrected chi connectivity index (χ2v) is 5.16. The van der Waals surface area contributed by atoms with Gasteiger partial charge in [0, 0.05) is 13.2 Å². The molecule has 4 nitrogen and oxygen atoms in total.